The maximum atomic E-state index is 5.91. The minimum absolute atomic E-state index is 0.380. The number of hydrogen-bond donors (Lipinski definition) is 1. The van der Waals surface area contributed by atoms with Gasteiger partial charge in [0.05, 0.1) is 11.8 Å². The lowest BCUT2D eigenvalue weighted by atomic mass is 10.1. The Bertz CT molecular complexity index is 408. The fourth-order valence-electron chi connectivity index (χ4n) is 2.48. The van der Waals surface area contributed by atoms with E-state index in [1.807, 2.05) is 11.3 Å². The van der Waals surface area contributed by atoms with Crippen LogP contribution < -0.4 is 10.2 Å². The number of aryl methyl sites for hydroxylation is 1. The van der Waals surface area contributed by atoms with E-state index < -0.39 is 0 Å². The van der Waals surface area contributed by atoms with Crippen molar-refractivity contribution in [2.75, 3.05) is 31.1 Å². The molecule has 1 aliphatic rings. The van der Waals surface area contributed by atoms with Crippen molar-refractivity contribution in [1.82, 2.24) is 10.3 Å². The topological polar surface area (TPSA) is 37.4 Å². The summed E-state index contributed by atoms with van der Waals surface area (Å²) in [5.41, 5.74) is 1.17. The van der Waals surface area contributed by atoms with Crippen molar-refractivity contribution in [2.24, 2.45) is 0 Å². The summed E-state index contributed by atoms with van der Waals surface area (Å²) < 4.78 is 5.91. The largest absolute Gasteiger partial charge is 0.376 e. The van der Waals surface area contributed by atoms with Gasteiger partial charge in [0, 0.05) is 31.1 Å². The Morgan fingerprint density at radius 2 is 2.30 bits per heavy atom. The summed E-state index contributed by atoms with van der Waals surface area (Å²) in [4.78, 5) is 8.51. The summed E-state index contributed by atoms with van der Waals surface area (Å²) in [6.07, 6.45) is 3.87. The smallest absolute Gasteiger partial charge is 0.185 e. The fraction of sp³-hybridized carbons (Fsp3) is 0.800. The van der Waals surface area contributed by atoms with Crippen LogP contribution >= 0.6 is 11.3 Å². The van der Waals surface area contributed by atoms with Crippen LogP contribution in [0.3, 0.4) is 0 Å². The lowest BCUT2D eigenvalue weighted by molar-refractivity contribution is 0.0440. The van der Waals surface area contributed by atoms with Crippen LogP contribution in [0.1, 0.15) is 43.7 Å². The highest BCUT2D eigenvalue weighted by atomic mass is 32.1. The second-order valence-electron chi connectivity index (χ2n) is 5.37. The molecule has 1 saturated heterocycles. The normalized spacial score (nSPS) is 19.6. The summed E-state index contributed by atoms with van der Waals surface area (Å²) >= 11 is 1.83. The molecule has 1 N–H and O–H groups in total. The molecule has 1 unspecified atom stereocenters. The van der Waals surface area contributed by atoms with Gasteiger partial charge in [-0.15, -0.1) is 11.3 Å². The van der Waals surface area contributed by atoms with Crippen LogP contribution in [0.4, 0.5) is 5.13 Å². The SMILES string of the molecule is CCCOC1CCCN(c2nc(C)c(CNCC)s2)C1. The number of ether oxygens (including phenoxy) is 1. The molecule has 1 aromatic heterocycles. The van der Waals surface area contributed by atoms with Crippen molar-refractivity contribution in [2.45, 2.75) is 52.7 Å². The first-order valence-corrected chi connectivity index (χ1v) is 8.59. The van der Waals surface area contributed by atoms with E-state index in [0.717, 1.165) is 39.2 Å². The molecule has 1 fully saturated rings. The van der Waals surface area contributed by atoms with Crippen LogP contribution in [0, 0.1) is 6.92 Å². The molecule has 114 valence electrons. The van der Waals surface area contributed by atoms with Crippen LogP contribution in [-0.4, -0.2) is 37.3 Å². The van der Waals surface area contributed by atoms with Gasteiger partial charge in [-0.05, 0) is 32.7 Å². The van der Waals surface area contributed by atoms with Crippen molar-refractivity contribution >= 4 is 16.5 Å². The van der Waals surface area contributed by atoms with E-state index in [0.29, 0.717) is 6.10 Å². The Hall–Kier alpha value is -0.650. The molecule has 0 bridgehead atoms. The van der Waals surface area contributed by atoms with Crippen LogP contribution in [0.15, 0.2) is 0 Å². The quantitative estimate of drug-likeness (QED) is 0.839. The number of hydrogen-bond acceptors (Lipinski definition) is 5. The maximum absolute atomic E-state index is 5.91. The van der Waals surface area contributed by atoms with Gasteiger partial charge in [-0.25, -0.2) is 4.98 Å². The van der Waals surface area contributed by atoms with Crippen molar-refractivity contribution in [3.63, 3.8) is 0 Å². The number of aromatic nitrogens is 1. The van der Waals surface area contributed by atoms with Gasteiger partial charge in [0.25, 0.3) is 0 Å². The average Bonchev–Trinajstić information content (AvgIpc) is 2.84. The Labute approximate surface area is 126 Å². The van der Waals surface area contributed by atoms with Gasteiger partial charge in [0.15, 0.2) is 5.13 Å². The first kappa shape index (κ1) is 15.7. The Morgan fingerprint density at radius 1 is 1.45 bits per heavy atom. The molecule has 20 heavy (non-hydrogen) atoms. The van der Waals surface area contributed by atoms with Gasteiger partial charge in [-0.3, -0.25) is 0 Å². The zero-order valence-electron chi connectivity index (χ0n) is 12.9. The zero-order chi connectivity index (χ0) is 14.4. The summed E-state index contributed by atoms with van der Waals surface area (Å²) in [6, 6.07) is 0. The summed E-state index contributed by atoms with van der Waals surface area (Å²) in [7, 11) is 0. The first-order valence-electron chi connectivity index (χ1n) is 7.78. The van der Waals surface area contributed by atoms with Crippen LogP contribution in [0.2, 0.25) is 0 Å². The predicted molar refractivity (Wildman–Crippen MR) is 85.7 cm³/mol. The molecule has 5 heteroatoms. The summed E-state index contributed by atoms with van der Waals surface area (Å²) in [6.45, 7) is 11.3. The number of nitrogens with one attached hydrogen (secondary N) is 1. The van der Waals surface area contributed by atoms with Crippen molar-refractivity contribution in [3.8, 4) is 0 Å². The lowest BCUT2D eigenvalue weighted by Crippen LogP contribution is -2.39. The van der Waals surface area contributed by atoms with Crippen LogP contribution in [0.25, 0.3) is 0 Å². The molecule has 1 aliphatic heterocycles. The predicted octanol–water partition coefficient (Wildman–Crippen LogP) is 2.96. The number of rotatable bonds is 7. The van der Waals surface area contributed by atoms with E-state index >= 15 is 0 Å². The Morgan fingerprint density at radius 3 is 3.05 bits per heavy atom. The second-order valence-corrected chi connectivity index (χ2v) is 6.43. The van der Waals surface area contributed by atoms with Gasteiger partial charge in [0.1, 0.15) is 0 Å². The molecule has 4 nitrogen and oxygen atoms in total. The first-order chi connectivity index (χ1) is 9.74. The highest BCUT2D eigenvalue weighted by molar-refractivity contribution is 7.15. The van der Waals surface area contributed by atoms with Crippen LogP contribution in [0.5, 0.6) is 0 Å². The van der Waals surface area contributed by atoms with Gasteiger partial charge < -0.3 is 15.0 Å². The highest BCUT2D eigenvalue weighted by Gasteiger charge is 2.23. The molecule has 2 rings (SSSR count). The molecule has 0 saturated carbocycles. The second kappa shape index (κ2) is 7.96. The molecule has 0 aromatic carbocycles. The molecule has 2 heterocycles. The Balaban J connectivity index is 1.96. The average molecular weight is 297 g/mol. The molecular weight excluding hydrogens is 270 g/mol. The fourth-order valence-corrected chi connectivity index (χ4v) is 3.55. The van der Waals surface area contributed by atoms with Gasteiger partial charge in [-0.2, -0.15) is 0 Å². The molecule has 0 radical (unpaired) electrons. The number of anilines is 1. The lowest BCUT2D eigenvalue weighted by Gasteiger charge is -2.32. The van der Waals surface area contributed by atoms with Gasteiger partial charge >= 0.3 is 0 Å². The Kier molecular flexibility index (Phi) is 6.26. The molecule has 1 atom stereocenters. The molecule has 1 aromatic rings. The maximum Gasteiger partial charge on any atom is 0.185 e. The molecule has 0 amide bonds. The zero-order valence-corrected chi connectivity index (χ0v) is 13.8. The van der Waals surface area contributed by atoms with E-state index in [-0.39, 0.29) is 0 Å². The number of thiazole rings is 1. The molecule has 0 aliphatic carbocycles. The highest BCUT2D eigenvalue weighted by Crippen LogP contribution is 2.28. The standard InChI is InChI=1S/C15H27N3OS/c1-4-9-19-13-7-6-8-18(11-13)15-17-12(3)14(20-15)10-16-5-2/h13,16H,4-11H2,1-3H3. The monoisotopic (exact) mass is 297 g/mol. The van der Waals surface area contributed by atoms with E-state index in [4.69, 9.17) is 9.72 Å². The van der Waals surface area contributed by atoms with E-state index in [2.05, 4.69) is 31.0 Å². The van der Waals surface area contributed by atoms with Crippen molar-refractivity contribution in [1.29, 1.82) is 0 Å². The van der Waals surface area contributed by atoms with Crippen molar-refractivity contribution < 1.29 is 4.74 Å². The molecular formula is C15H27N3OS. The van der Waals surface area contributed by atoms with E-state index in [1.165, 1.54) is 28.5 Å². The van der Waals surface area contributed by atoms with Gasteiger partial charge in [0.2, 0.25) is 0 Å². The van der Waals surface area contributed by atoms with E-state index in [9.17, 15) is 0 Å². The minimum atomic E-state index is 0.380. The molecule has 0 spiro atoms. The summed E-state index contributed by atoms with van der Waals surface area (Å²) in [5.74, 6) is 0. The van der Waals surface area contributed by atoms with Crippen molar-refractivity contribution in [3.05, 3.63) is 10.6 Å². The van der Waals surface area contributed by atoms with E-state index in [1.54, 1.807) is 0 Å². The minimum Gasteiger partial charge on any atom is -0.376 e. The number of nitrogens with zero attached hydrogens (tertiary/aromatic N) is 2. The third kappa shape index (κ3) is 4.17. The van der Waals surface area contributed by atoms with Crippen LogP contribution in [-0.2, 0) is 11.3 Å². The third-order valence-corrected chi connectivity index (χ3v) is 4.84. The number of piperidine rings is 1. The van der Waals surface area contributed by atoms with Gasteiger partial charge in [-0.1, -0.05) is 13.8 Å². The summed E-state index contributed by atoms with van der Waals surface area (Å²) in [5, 5.41) is 4.55. The third-order valence-electron chi connectivity index (χ3n) is 3.62.